The van der Waals surface area contributed by atoms with Crippen molar-refractivity contribution in [3.05, 3.63) is 53.1 Å². The maximum Gasteiger partial charge on any atom is 0.333 e. The van der Waals surface area contributed by atoms with Crippen LogP contribution in [0.2, 0.25) is 0 Å². The second-order valence-electron chi connectivity index (χ2n) is 18.6. The van der Waals surface area contributed by atoms with E-state index >= 15 is 0 Å². The molecule has 0 amide bonds. The number of hydrogen-bond donors (Lipinski definition) is 2. The Bertz CT molecular complexity index is 1330. The van der Waals surface area contributed by atoms with E-state index in [4.69, 9.17) is 14.2 Å². The molecule has 1 aromatic carbocycles. The number of aliphatic hydroxyl groups is 2. The highest BCUT2D eigenvalue weighted by Gasteiger charge is 2.35. The van der Waals surface area contributed by atoms with Crippen LogP contribution in [0.25, 0.3) is 0 Å². The van der Waals surface area contributed by atoms with Crippen LogP contribution in [0, 0.1) is 35.0 Å². The highest BCUT2D eigenvalue weighted by Crippen LogP contribution is 2.48. The molecule has 0 aromatic heterocycles. The number of aliphatic hydroxyl groups excluding tert-OH is 2. The Morgan fingerprint density at radius 1 is 0.649 bits per heavy atom. The van der Waals surface area contributed by atoms with Crippen LogP contribution < -0.4 is 4.74 Å². The molecule has 322 valence electrons. The summed E-state index contributed by atoms with van der Waals surface area (Å²) in [7, 11) is 0. The molecule has 0 aliphatic heterocycles. The second kappa shape index (κ2) is 24.4. The predicted octanol–water partition coefficient (Wildman–Crippen LogP) is 11.4. The van der Waals surface area contributed by atoms with Crippen molar-refractivity contribution in [2.45, 2.75) is 175 Å². The summed E-state index contributed by atoms with van der Waals surface area (Å²) in [6.07, 6.45) is 26.1. The number of hydrogen-bond acceptors (Lipinski definition) is 7. The van der Waals surface area contributed by atoms with E-state index in [-0.39, 0.29) is 26.4 Å². The van der Waals surface area contributed by atoms with Gasteiger partial charge < -0.3 is 24.4 Å². The molecule has 7 heteroatoms. The highest BCUT2D eigenvalue weighted by molar-refractivity contribution is 5.87. The standard InChI is InChI=1S/C50H80O7/c1-7-9-11-12-38-13-15-39(16-14-38)40-17-19-41(20-18-40)42-21-23-43(24-22-42)46-32-44(25-29-56-48(53)36(3)4)47(45(33-46)26-30-57-49(54)37(5)6)55-31-28-50(34-51,35-52)27-10-8-2/h32-33,38-43,51-52H,3,5,7-31,34-35H2,1-2,4,6H3. The van der Waals surface area contributed by atoms with Crippen molar-refractivity contribution in [2.75, 3.05) is 33.0 Å². The zero-order chi connectivity index (χ0) is 41.2. The van der Waals surface area contributed by atoms with Crippen LogP contribution >= 0.6 is 0 Å². The summed E-state index contributed by atoms with van der Waals surface area (Å²) >= 11 is 0. The smallest absolute Gasteiger partial charge is 0.333 e. The molecule has 3 aliphatic carbocycles. The molecule has 0 atom stereocenters. The van der Waals surface area contributed by atoms with Gasteiger partial charge in [0, 0.05) is 29.4 Å². The van der Waals surface area contributed by atoms with Gasteiger partial charge in [-0.2, -0.15) is 0 Å². The van der Waals surface area contributed by atoms with Gasteiger partial charge in [0.2, 0.25) is 0 Å². The van der Waals surface area contributed by atoms with Crippen LogP contribution in [0.3, 0.4) is 0 Å². The minimum Gasteiger partial charge on any atom is -0.493 e. The fourth-order valence-corrected chi connectivity index (χ4v) is 10.4. The first kappa shape index (κ1) is 47.0. The molecule has 57 heavy (non-hydrogen) atoms. The van der Waals surface area contributed by atoms with Crippen molar-refractivity contribution in [1.82, 2.24) is 0 Å². The Morgan fingerprint density at radius 2 is 1.11 bits per heavy atom. The van der Waals surface area contributed by atoms with E-state index in [0.29, 0.717) is 48.7 Å². The van der Waals surface area contributed by atoms with E-state index in [1.54, 1.807) is 13.8 Å². The van der Waals surface area contributed by atoms with Crippen LogP contribution in [0.4, 0.5) is 0 Å². The molecular formula is C50H80O7. The zero-order valence-corrected chi connectivity index (χ0v) is 36.6. The normalized spacial score (nSPS) is 24.1. The molecule has 7 nitrogen and oxygen atoms in total. The largest absolute Gasteiger partial charge is 0.493 e. The first-order chi connectivity index (χ1) is 27.5. The first-order valence-electron chi connectivity index (χ1n) is 23.2. The molecule has 3 aliphatic rings. The van der Waals surface area contributed by atoms with E-state index < -0.39 is 17.4 Å². The fraction of sp³-hybridized carbons (Fsp3) is 0.760. The van der Waals surface area contributed by atoms with Crippen molar-refractivity contribution in [3.8, 4) is 5.75 Å². The first-order valence-corrected chi connectivity index (χ1v) is 23.2. The lowest BCUT2D eigenvalue weighted by atomic mass is 9.64. The van der Waals surface area contributed by atoms with Gasteiger partial charge in [-0.1, -0.05) is 90.5 Å². The van der Waals surface area contributed by atoms with Crippen LogP contribution in [0.15, 0.2) is 36.4 Å². The maximum atomic E-state index is 12.4. The van der Waals surface area contributed by atoms with Crippen LogP contribution in [0.1, 0.15) is 179 Å². The van der Waals surface area contributed by atoms with Gasteiger partial charge in [0.25, 0.3) is 0 Å². The molecule has 0 spiro atoms. The minimum absolute atomic E-state index is 0.108. The number of esters is 2. The van der Waals surface area contributed by atoms with Gasteiger partial charge in [-0.05, 0) is 143 Å². The summed E-state index contributed by atoms with van der Waals surface area (Å²) < 4.78 is 17.7. The number of rotatable bonds is 24. The van der Waals surface area contributed by atoms with Gasteiger partial charge in [-0.15, -0.1) is 0 Å². The number of benzene rings is 1. The lowest BCUT2D eigenvalue weighted by Gasteiger charge is -2.41. The maximum absolute atomic E-state index is 12.4. The molecule has 0 saturated heterocycles. The topological polar surface area (TPSA) is 102 Å². The quantitative estimate of drug-likeness (QED) is 0.0610. The lowest BCUT2D eigenvalue weighted by Crippen LogP contribution is -2.32. The molecule has 2 N–H and O–H groups in total. The summed E-state index contributed by atoms with van der Waals surface area (Å²) in [6.45, 7) is 15.7. The Hall–Kier alpha value is -2.64. The molecule has 1 aromatic rings. The average Bonchev–Trinajstić information content (AvgIpc) is 3.23. The van der Waals surface area contributed by atoms with E-state index in [0.717, 1.165) is 72.8 Å². The van der Waals surface area contributed by atoms with Gasteiger partial charge in [-0.3, -0.25) is 0 Å². The van der Waals surface area contributed by atoms with Crippen LogP contribution in [0.5, 0.6) is 5.75 Å². The molecule has 0 bridgehead atoms. The molecule has 3 fully saturated rings. The van der Waals surface area contributed by atoms with Crippen LogP contribution in [-0.4, -0.2) is 55.2 Å². The van der Waals surface area contributed by atoms with E-state index in [1.807, 2.05) is 0 Å². The van der Waals surface area contributed by atoms with Crippen molar-refractivity contribution >= 4 is 11.9 Å². The third-order valence-electron chi connectivity index (χ3n) is 14.3. The van der Waals surface area contributed by atoms with Gasteiger partial charge in [0.15, 0.2) is 0 Å². The SMILES string of the molecule is C=C(C)C(=O)OCCc1cc(C2CCC(C3CCC(C4CCC(CCCCC)CC4)CC3)CC2)cc(CCOC(=O)C(=C)C)c1OCCC(CO)(CO)CCCC. The van der Waals surface area contributed by atoms with Crippen LogP contribution in [-0.2, 0) is 31.9 Å². The summed E-state index contributed by atoms with van der Waals surface area (Å²) in [4.78, 5) is 24.7. The molecule has 0 unspecified atom stereocenters. The molecule has 4 rings (SSSR count). The van der Waals surface area contributed by atoms with Crippen molar-refractivity contribution in [3.63, 3.8) is 0 Å². The third kappa shape index (κ3) is 14.5. The van der Waals surface area contributed by atoms with Gasteiger partial charge >= 0.3 is 11.9 Å². The number of carbonyl (C=O) groups excluding carboxylic acids is 2. The summed E-state index contributed by atoms with van der Waals surface area (Å²) in [5, 5.41) is 20.6. The average molecular weight is 793 g/mol. The Balaban J connectivity index is 1.44. The summed E-state index contributed by atoms with van der Waals surface area (Å²) in [5.74, 6) is 4.92. The fourth-order valence-electron chi connectivity index (χ4n) is 10.4. The molecule has 0 heterocycles. The summed E-state index contributed by atoms with van der Waals surface area (Å²) in [5.41, 5.74) is 3.32. The zero-order valence-electron chi connectivity index (χ0n) is 36.6. The van der Waals surface area contributed by atoms with Gasteiger partial charge in [0.1, 0.15) is 5.75 Å². The molecule has 0 radical (unpaired) electrons. The Labute approximate surface area is 346 Å². The predicted molar refractivity (Wildman–Crippen MR) is 231 cm³/mol. The number of unbranched alkanes of at least 4 members (excludes halogenated alkanes) is 3. The van der Waals surface area contributed by atoms with Crippen molar-refractivity contribution in [1.29, 1.82) is 0 Å². The summed E-state index contributed by atoms with van der Waals surface area (Å²) in [6, 6.07) is 4.51. The second-order valence-corrected chi connectivity index (χ2v) is 18.6. The third-order valence-corrected chi connectivity index (χ3v) is 14.3. The van der Waals surface area contributed by atoms with Crippen molar-refractivity contribution in [2.24, 2.45) is 35.0 Å². The Morgan fingerprint density at radius 3 is 1.54 bits per heavy atom. The monoisotopic (exact) mass is 793 g/mol. The van der Waals surface area contributed by atoms with Gasteiger partial charge in [-0.25, -0.2) is 9.59 Å². The number of ether oxygens (including phenoxy) is 3. The van der Waals surface area contributed by atoms with E-state index in [9.17, 15) is 19.8 Å². The minimum atomic E-state index is -0.616. The van der Waals surface area contributed by atoms with E-state index in [1.165, 1.54) is 95.5 Å². The van der Waals surface area contributed by atoms with Gasteiger partial charge in [0.05, 0.1) is 33.0 Å². The molecular weight excluding hydrogens is 713 g/mol. The molecule has 3 saturated carbocycles. The highest BCUT2D eigenvalue weighted by atomic mass is 16.5. The van der Waals surface area contributed by atoms with Crippen molar-refractivity contribution < 1.29 is 34.0 Å². The Kier molecular flexibility index (Phi) is 20.2. The number of carbonyl (C=O) groups is 2. The lowest BCUT2D eigenvalue weighted by molar-refractivity contribution is -0.139. The van der Waals surface area contributed by atoms with E-state index in [2.05, 4.69) is 39.1 Å².